The van der Waals surface area contributed by atoms with Gasteiger partial charge in [0.05, 0.1) is 17.6 Å². The third-order valence-electron chi connectivity index (χ3n) is 3.80. The number of halogens is 1. The first kappa shape index (κ1) is 16.9. The van der Waals surface area contributed by atoms with E-state index in [-0.39, 0.29) is 11.4 Å². The van der Waals surface area contributed by atoms with Crippen LogP contribution in [-0.2, 0) is 19.6 Å². The maximum atomic E-state index is 12.9. The Morgan fingerprint density at radius 1 is 1.04 bits per heavy atom. The van der Waals surface area contributed by atoms with Crippen LogP contribution in [0, 0.1) is 5.82 Å². The summed E-state index contributed by atoms with van der Waals surface area (Å²) in [5.74, 6) is -1.16. The van der Waals surface area contributed by atoms with E-state index >= 15 is 0 Å². The highest BCUT2D eigenvalue weighted by Crippen LogP contribution is 2.08. The van der Waals surface area contributed by atoms with Gasteiger partial charge in [0.25, 0.3) is 0 Å². The fraction of sp³-hybridized carbons (Fsp3) is 0.158. The normalized spacial score (nSPS) is 10.8. The molecular formula is C19H18FN3O2. The minimum absolute atomic E-state index is 0.237. The van der Waals surface area contributed by atoms with Gasteiger partial charge in [-0.2, -0.15) is 0 Å². The molecule has 25 heavy (non-hydrogen) atoms. The van der Waals surface area contributed by atoms with Crippen LogP contribution in [0.4, 0.5) is 4.39 Å². The van der Waals surface area contributed by atoms with E-state index in [1.165, 1.54) is 12.1 Å². The summed E-state index contributed by atoms with van der Waals surface area (Å²) in [6.07, 6.45) is 3.70. The zero-order valence-corrected chi connectivity index (χ0v) is 13.5. The monoisotopic (exact) mass is 339 g/mol. The molecule has 0 saturated carbocycles. The molecule has 5 nitrogen and oxygen atoms in total. The first-order valence-electron chi connectivity index (χ1n) is 7.88. The third kappa shape index (κ3) is 4.74. The first-order chi connectivity index (χ1) is 12.1. The van der Waals surface area contributed by atoms with Crippen LogP contribution in [0.25, 0.3) is 0 Å². The molecule has 0 aliphatic heterocycles. The van der Waals surface area contributed by atoms with Gasteiger partial charge in [0.1, 0.15) is 5.82 Å². The summed E-state index contributed by atoms with van der Waals surface area (Å²) in [5, 5.41) is 12.2. The molecule has 0 bridgehead atoms. The Morgan fingerprint density at radius 3 is 2.40 bits per heavy atom. The lowest BCUT2D eigenvalue weighted by Crippen LogP contribution is -2.12. The molecule has 0 saturated heterocycles. The quantitative estimate of drug-likeness (QED) is 0.694. The van der Waals surface area contributed by atoms with E-state index in [9.17, 15) is 9.18 Å². The molecule has 0 aliphatic carbocycles. The molecule has 2 N–H and O–H groups in total. The van der Waals surface area contributed by atoms with Crippen LogP contribution in [-0.4, -0.2) is 20.6 Å². The summed E-state index contributed by atoms with van der Waals surface area (Å²) in [6.45, 7) is 1.89. The maximum absolute atomic E-state index is 12.9. The van der Waals surface area contributed by atoms with Crippen molar-refractivity contribution in [3.8, 4) is 0 Å². The Bertz CT molecular complexity index is 842. The molecule has 2 aromatic carbocycles. The maximum Gasteiger partial charge on any atom is 0.335 e. The molecule has 3 rings (SSSR count). The van der Waals surface area contributed by atoms with Crippen molar-refractivity contribution < 1.29 is 14.3 Å². The minimum atomic E-state index is -0.927. The second-order valence-corrected chi connectivity index (χ2v) is 5.77. The summed E-state index contributed by atoms with van der Waals surface area (Å²) < 4.78 is 14.8. The van der Waals surface area contributed by atoms with Crippen molar-refractivity contribution in [2.75, 3.05) is 0 Å². The molecule has 0 fully saturated rings. The van der Waals surface area contributed by atoms with Gasteiger partial charge >= 0.3 is 5.97 Å². The second kappa shape index (κ2) is 7.72. The highest BCUT2D eigenvalue weighted by atomic mass is 19.1. The number of carbonyl (C=O) groups is 1. The van der Waals surface area contributed by atoms with E-state index in [2.05, 4.69) is 10.3 Å². The van der Waals surface area contributed by atoms with Gasteiger partial charge in [-0.05, 0) is 35.4 Å². The molecule has 1 heterocycles. The van der Waals surface area contributed by atoms with Crippen molar-refractivity contribution in [3.63, 3.8) is 0 Å². The summed E-state index contributed by atoms with van der Waals surface area (Å²) in [4.78, 5) is 15.2. The van der Waals surface area contributed by atoms with Crippen LogP contribution in [0.3, 0.4) is 0 Å². The lowest BCUT2D eigenvalue weighted by atomic mass is 10.1. The lowest BCUT2D eigenvalue weighted by molar-refractivity contribution is 0.0697. The van der Waals surface area contributed by atoms with Gasteiger partial charge in [-0.3, -0.25) is 0 Å². The molecular weight excluding hydrogens is 321 g/mol. The fourth-order valence-electron chi connectivity index (χ4n) is 2.48. The molecule has 0 unspecified atom stereocenters. The molecule has 0 spiro atoms. The molecule has 1 aromatic heterocycles. The number of benzene rings is 2. The molecule has 0 amide bonds. The smallest absolute Gasteiger partial charge is 0.335 e. The van der Waals surface area contributed by atoms with Gasteiger partial charge in [-0.25, -0.2) is 14.2 Å². The fourth-order valence-corrected chi connectivity index (χ4v) is 2.48. The SMILES string of the molecule is O=C(O)c1ccc(Cn2cnc(CNCc3ccc(F)cc3)c2)cc1. The molecule has 128 valence electrons. The number of hydrogen-bond acceptors (Lipinski definition) is 3. The number of aromatic nitrogens is 2. The van der Waals surface area contributed by atoms with E-state index < -0.39 is 5.97 Å². The Morgan fingerprint density at radius 2 is 1.72 bits per heavy atom. The van der Waals surface area contributed by atoms with Crippen LogP contribution < -0.4 is 5.32 Å². The zero-order valence-electron chi connectivity index (χ0n) is 13.5. The number of nitrogens with zero attached hydrogens (tertiary/aromatic N) is 2. The first-order valence-corrected chi connectivity index (χ1v) is 7.88. The van der Waals surface area contributed by atoms with Gasteiger partial charge in [-0.1, -0.05) is 24.3 Å². The molecule has 3 aromatic rings. The van der Waals surface area contributed by atoms with Crippen molar-refractivity contribution in [2.45, 2.75) is 19.6 Å². The van der Waals surface area contributed by atoms with Crippen molar-refractivity contribution >= 4 is 5.97 Å². The van der Waals surface area contributed by atoms with Crippen LogP contribution in [0.1, 0.15) is 27.2 Å². The number of imidazole rings is 1. The summed E-state index contributed by atoms with van der Waals surface area (Å²) in [7, 11) is 0. The van der Waals surface area contributed by atoms with Crippen LogP contribution in [0.2, 0.25) is 0 Å². The predicted molar refractivity (Wildman–Crippen MR) is 91.7 cm³/mol. The molecule has 0 atom stereocenters. The number of aromatic carboxylic acids is 1. The number of rotatable bonds is 7. The predicted octanol–water partition coefficient (Wildman–Crippen LogP) is 3.06. The van der Waals surface area contributed by atoms with Gasteiger partial charge in [-0.15, -0.1) is 0 Å². The van der Waals surface area contributed by atoms with E-state index in [0.29, 0.717) is 19.6 Å². The third-order valence-corrected chi connectivity index (χ3v) is 3.80. The van der Waals surface area contributed by atoms with Crippen LogP contribution in [0.15, 0.2) is 61.1 Å². The Hall–Kier alpha value is -2.99. The Labute approximate surface area is 144 Å². The topological polar surface area (TPSA) is 67.1 Å². The van der Waals surface area contributed by atoms with Crippen molar-refractivity contribution in [3.05, 3.63) is 89.3 Å². The number of carboxylic acids is 1. The lowest BCUT2D eigenvalue weighted by Gasteiger charge is -2.04. The van der Waals surface area contributed by atoms with E-state index in [1.54, 1.807) is 42.7 Å². The van der Waals surface area contributed by atoms with Gasteiger partial charge in [0, 0.05) is 25.8 Å². The Balaban J connectivity index is 1.51. The van der Waals surface area contributed by atoms with Crippen molar-refractivity contribution in [2.24, 2.45) is 0 Å². The van der Waals surface area contributed by atoms with Crippen LogP contribution in [0.5, 0.6) is 0 Å². The zero-order chi connectivity index (χ0) is 17.6. The molecule has 0 radical (unpaired) electrons. The number of carboxylic acid groups (broad SMARTS) is 1. The molecule has 6 heteroatoms. The summed E-state index contributed by atoms with van der Waals surface area (Å²) in [6, 6.07) is 13.2. The second-order valence-electron chi connectivity index (χ2n) is 5.77. The number of nitrogens with one attached hydrogen (secondary N) is 1. The van der Waals surface area contributed by atoms with E-state index in [4.69, 9.17) is 5.11 Å². The van der Waals surface area contributed by atoms with Gasteiger partial charge < -0.3 is 15.0 Å². The number of hydrogen-bond donors (Lipinski definition) is 2. The summed E-state index contributed by atoms with van der Waals surface area (Å²) >= 11 is 0. The van der Waals surface area contributed by atoms with Crippen molar-refractivity contribution in [1.82, 2.24) is 14.9 Å². The standard InChI is InChI=1S/C19H18FN3O2/c20-17-7-3-14(4-8-17)9-21-10-18-12-23(13-22-18)11-15-1-5-16(6-2-15)19(24)25/h1-8,12-13,21H,9-11H2,(H,24,25). The highest BCUT2D eigenvalue weighted by molar-refractivity contribution is 5.87. The van der Waals surface area contributed by atoms with Gasteiger partial charge in [0.2, 0.25) is 0 Å². The molecule has 0 aliphatic rings. The van der Waals surface area contributed by atoms with E-state index in [0.717, 1.165) is 16.8 Å². The average molecular weight is 339 g/mol. The van der Waals surface area contributed by atoms with Crippen LogP contribution >= 0.6 is 0 Å². The van der Waals surface area contributed by atoms with Gasteiger partial charge in [0.15, 0.2) is 0 Å². The summed E-state index contributed by atoms with van der Waals surface area (Å²) in [5.41, 5.74) is 3.21. The Kier molecular flexibility index (Phi) is 5.20. The largest absolute Gasteiger partial charge is 0.478 e. The highest BCUT2D eigenvalue weighted by Gasteiger charge is 2.03. The average Bonchev–Trinajstić information content (AvgIpc) is 3.04. The van der Waals surface area contributed by atoms with E-state index in [1.807, 2.05) is 10.8 Å². The minimum Gasteiger partial charge on any atom is -0.478 e. The van der Waals surface area contributed by atoms with Crippen molar-refractivity contribution in [1.29, 1.82) is 0 Å².